The van der Waals surface area contributed by atoms with Gasteiger partial charge in [-0.15, -0.1) is 0 Å². The maximum absolute atomic E-state index is 13.8. The van der Waals surface area contributed by atoms with E-state index in [-0.39, 0.29) is 50.4 Å². The van der Waals surface area contributed by atoms with Crippen LogP contribution in [-0.2, 0) is 22.7 Å². The summed E-state index contributed by atoms with van der Waals surface area (Å²) >= 11 is 14.3. The topological polar surface area (TPSA) is 200 Å². The fourth-order valence-corrected chi connectivity index (χ4v) is 9.29. The molecule has 2 saturated heterocycles. The molecule has 6 aromatic rings. The van der Waals surface area contributed by atoms with Crippen LogP contribution in [0.5, 0.6) is 0 Å². The van der Waals surface area contributed by atoms with Crippen LogP contribution in [0.2, 0.25) is 10.0 Å². The van der Waals surface area contributed by atoms with Gasteiger partial charge in [-0.3, -0.25) is 29.0 Å². The molecule has 0 radical (unpaired) electrons. The molecule has 0 bridgehead atoms. The monoisotopic (exact) mass is 858 g/mol. The van der Waals surface area contributed by atoms with Gasteiger partial charge in [0.15, 0.2) is 0 Å². The molecular weight excluding hydrogens is 815 g/mol. The molecule has 0 spiro atoms. The molecule has 2 aromatic carbocycles. The van der Waals surface area contributed by atoms with E-state index >= 15 is 0 Å². The number of rotatable bonds is 11. The van der Waals surface area contributed by atoms with Crippen molar-refractivity contribution < 1.29 is 30.0 Å². The fraction of sp³-hybridized carbons (Fsp3) is 0.381. The maximum Gasteiger partial charge on any atom is 0.320 e. The Morgan fingerprint density at radius 3 is 1.40 bits per heavy atom. The van der Waals surface area contributed by atoms with E-state index in [0.717, 1.165) is 0 Å². The summed E-state index contributed by atoms with van der Waals surface area (Å²) in [6.07, 6.45) is 3.72. The van der Waals surface area contributed by atoms with Gasteiger partial charge in [-0.05, 0) is 51.7 Å². The second kappa shape index (κ2) is 16.6. The number of nitrogens with zero attached hydrogens (tertiary/aromatic N) is 8. The van der Waals surface area contributed by atoms with Gasteiger partial charge in [-0.1, -0.05) is 59.6 Å². The number of aliphatic hydroxyl groups excluding tert-OH is 2. The number of halogens is 2. The lowest BCUT2D eigenvalue weighted by Gasteiger charge is -2.35. The first-order valence-corrected chi connectivity index (χ1v) is 20.5. The highest BCUT2D eigenvalue weighted by molar-refractivity contribution is 6.39. The molecular formula is C42H44Cl2N8O8. The molecule has 60 heavy (non-hydrogen) atoms. The Balaban J connectivity index is 1.07. The number of carbonyl (C=O) groups is 2. The van der Waals surface area contributed by atoms with Crippen molar-refractivity contribution in [3.63, 3.8) is 0 Å². The van der Waals surface area contributed by atoms with Gasteiger partial charge in [0.05, 0.1) is 33.6 Å². The van der Waals surface area contributed by atoms with Gasteiger partial charge in [0.2, 0.25) is 0 Å². The third-order valence-corrected chi connectivity index (χ3v) is 12.6. The number of aromatic nitrogens is 6. The van der Waals surface area contributed by atoms with E-state index in [4.69, 9.17) is 33.4 Å². The van der Waals surface area contributed by atoms with Gasteiger partial charge >= 0.3 is 11.9 Å². The molecule has 4 aromatic heterocycles. The second-order valence-electron chi connectivity index (χ2n) is 15.7. The number of β-amino-alcohol motifs (C(OH)–C–C–N with tert-alkyl or cyclic N) is 2. The summed E-state index contributed by atoms with van der Waals surface area (Å²) in [4.78, 5) is 54.8. The highest BCUT2D eigenvalue weighted by Crippen LogP contribution is 2.42. The Bertz CT molecular complexity index is 2590. The Morgan fingerprint density at radius 2 is 1.02 bits per heavy atom. The van der Waals surface area contributed by atoms with Gasteiger partial charge in [0.1, 0.15) is 23.1 Å². The lowest BCUT2D eigenvalue weighted by molar-refractivity contribution is -0.147. The van der Waals surface area contributed by atoms with E-state index in [1.54, 1.807) is 69.4 Å². The summed E-state index contributed by atoms with van der Waals surface area (Å²) in [7, 11) is 0. The van der Waals surface area contributed by atoms with Crippen molar-refractivity contribution in [3.05, 3.63) is 103 Å². The molecule has 4 unspecified atom stereocenters. The average Bonchev–Trinajstić information content (AvgIpc) is 3.83. The number of aryl methyl sites for hydroxylation is 2. The first kappa shape index (κ1) is 41.4. The minimum atomic E-state index is -0.951. The van der Waals surface area contributed by atoms with Gasteiger partial charge in [-0.25, -0.2) is 9.03 Å². The van der Waals surface area contributed by atoms with E-state index in [1.165, 1.54) is 9.03 Å². The SMILES string of the molecule is Cc1cn2nc(-c3cccc(-c4cccc(-c5cc6c(=O)n(CCN7CC(O)CCC7C(=O)O)c(C)cn6n5)c4Cl)c3Cl)cc2c(=O)n1CCN1CC(O)CCC1C(=O)O. The Hall–Kier alpha value is -5.36. The van der Waals surface area contributed by atoms with E-state index in [2.05, 4.69) is 0 Å². The molecule has 8 rings (SSSR count). The van der Waals surface area contributed by atoms with Crippen molar-refractivity contribution in [3.8, 4) is 33.6 Å². The van der Waals surface area contributed by atoms with Gasteiger partial charge < -0.3 is 29.6 Å². The molecule has 314 valence electrons. The molecule has 0 amide bonds. The van der Waals surface area contributed by atoms with Crippen LogP contribution in [0.25, 0.3) is 44.7 Å². The average molecular weight is 860 g/mol. The largest absolute Gasteiger partial charge is 0.480 e. The minimum absolute atomic E-state index is 0.219. The quantitative estimate of drug-likeness (QED) is 0.146. The van der Waals surface area contributed by atoms with Crippen LogP contribution in [0, 0.1) is 13.8 Å². The third kappa shape index (κ3) is 7.74. The first-order chi connectivity index (χ1) is 28.7. The number of hydrogen-bond donors (Lipinski definition) is 4. The number of likely N-dealkylation sites (tertiary alicyclic amines) is 2. The van der Waals surface area contributed by atoms with Crippen molar-refractivity contribution in [1.29, 1.82) is 0 Å². The third-order valence-electron chi connectivity index (χ3n) is 11.8. The van der Waals surface area contributed by atoms with Crippen LogP contribution >= 0.6 is 23.2 Å². The summed E-state index contributed by atoms with van der Waals surface area (Å²) in [6, 6.07) is 12.8. The van der Waals surface area contributed by atoms with Crippen LogP contribution in [0.4, 0.5) is 0 Å². The lowest BCUT2D eigenvalue weighted by Crippen LogP contribution is -2.50. The Kier molecular flexibility index (Phi) is 11.4. The molecule has 6 heterocycles. The van der Waals surface area contributed by atoms with Crippen molar-refractivity contribution in [1.82, 2.24) is 38.2 Å². The van der Waals surface area contributed by atoms with Crippen LogP contribution < -0.4 is 11.1 Å². The molecule has 4 N–H and O–H groups in total. The molecule has 16 nitrogen and oxygen atoms in total. The summed E-state index contributed by atoms with van der Waals surface area (Å²) in [5.41, 5.74) is 4.51. The van der Waals surface area contributed by atoms with Gasteiger partial charge in [0, 0.05) is 85.3 Å². The number of aliphatic carboxylic acids is 2. The summed E-state index contributed by atoms with van der Waals surface area (Å²) in [6.45, 7) is 5.00. The number of aliphatic hydroxyl groups is 2. The molecule has 0 aliphatic carbocycles. The normalized spacial score (nSPS) is 20.3. The van der Waals surface area contributed by atoms with E-state index in [9.17, 15) is 39.6 Å². The zero-order valence-corrected chi connectivity index (χ0v) is 34.4. The van der Waals surface area contributed by atoms with E-state index < -0.39 is 36.2 Å². The van der Waals surface area contributed by atoms with E-state index in [1.807, 2.05) is 24.3 Å². The predicted molar refractivity (Wildman–Crippen MR) is 225 cm³/mol. The van der Waals surface area contributed by atoms with Crippen molar-refractivity contribution >= 4 is 46.2 Å². The van der Waals surface area contributed by atoms with Crippen LogP contribution in [0.15, 0.2) is 70.5 Å². The first-order valence-electron chi connectivity index (χ1n) is 19.8. The standard InChI is InChI=1S/C42H44Cl2N8O8/c1-23-19-51-35(39(55)49(23)15-13-47-21-25(53)9-11-33(47)41(57)58)17-31(45-51)29-7-3-5-27(37(29)43)28-6-4-8-30(38(28)44)32-18-36-40(56)50(24(2)20-52(36)46-32)16-14-48-22-26(54)10-12-34(48)42(59)60/h3-8,17-20,25-26,33-34,53-54H,9-16,21-22H2,1-2H3,(H,57,58)(H,59,60). The molecule has 4 atom stereocenters. The number of fused-ring (bicyclic) bond motifs is 2. The number of carboxylic acid groups (broad SMARTS) is 2. The Labute approximate surface area is 353 Å². The summed E-state index contributed by atoms with van der Waals surface area (Å²) in [5.74, 6) is -1.90. The molecule has 2 aliphatic rings. The summed E-state index contributed by atoms with van der Waals surface area (Å²) in [5, 5.41) is 49.9. The molecule has 2 aliphatic heterocycles. The molecule has 2 fully saturated rings. The zero-order valence-electron chi connectivity index (χ0n) is 32.9. The van der Waals surface area contributed by atoms with Crippen molar-refractivity contribution in [2.45, 2.75) is 76.9 Å². The van der Waals surface area contributed by atoms with Crippen molar-refractivity contribution in [2.24, 2.45) is 0 Å². The second-order valence-corrected chi connectivity index (χ2v) is 16.4. The van der Waals surface area contributed by atoms with Gasteiger partial charge in [0.25, 0.3) is 11.1 Å². The zero-order chi connectivity index (χ0) is 42.6. The molecule has 0 saturated carbocycles. The van der Waals surface area contributed by atoms with Crippen molar-refractivity contribution in [2.75, 3.05) is 26.2 Å². The number of benzene rings is 2. The van der Waals surface area contributed by atoms with Crippen LogP contribution in [0.1, 0.15) is 37.1 Å². The highest BCUT2D eigenvalue weighted by atomic mass is 35.5. The van der Waals surface area contributed by atoms with E-state index in [0.29, 0.717) is 91.8 Å². The fourth-order valence-electron chi connectivity index (χ4n) is 8.64. The smallest absolute Gasteiger partial charge is 0.320 e. The minimum Gasteiger partial charge on any atom is -0.480 e. The Morgan fingerprint density at radius 1 is 0.633 bits per heavy atom. The maximum atomic E-state index is 13.8. The molecule has 18 heteroatoms. The lowest BCUT2D eigenvalue weighted by atomic mass is 9.98. The predicted octanol–water partition coefficient (Wildman–Crippen LogP) is 4.05. The van der Waals surface area contributed by atoms with Crippen LogP contribution in [0.3, 0.4) is 0 Å². The van der Waals surface area contributed by atoms with Gasteiger partial charge in [-0.2, -0.15) is 10.2 Å². The summed E-state index contributed by atoms with van der Waals surface area (Å²) < 4.78 is 6.18. The highest BCUT2D eigenvalue weighted by Gasteiger charge is 2.33. The van der Waals surface area contributed by atoms with Crippen LogP contribution in [-0.4, -0.2) is 121 Å². The number of piperidine rings is 2. The number of carboxylic acids is 2. The number of hydrogen-bond acceptors (Lipinski definition) is 10.